The Bertz CT molecular complexity index is 185. The molecule has 3 atom stereocenters. The zero-order valence-corrected chi connectivity index (χ0v) is 8.22. The lowest BCUT2D eigenvalue weighted by molar-refractivity contribution is -0.133. The smallest absolute Gasteiger partial charge is 0.105 e. The quantitative estimate of drug-likeness (QED) is 0.459. The zero-order chi connectivity index (χ0) is 9.97. The van der Waals surface area contributed by atoms with Crippen molar-refractivity contribution in [2.24, 2.45) is 0 Å². The van der Waals surface area contributed by atoms with Crippen LogP contribution in [0.25, 0.3) is 0 Å². The predicted molar refractivity (Wildman–Crippen MR) is 51.1 cm³/mol. The molecule has 0 amide bonds. The Hall–Kier alpha value is -0.200. The first-order chi connectivity index (χ1) is 6.79. The summed E-state index contributed by atoms with van der Waals surface area (Å²) in [5.41, 5.74) is 0. The molecular formula is C9H18N2O3. The Balaban J connectivity index is 1.93. The first kappa shape index (κ1) is 10.3. The highest BCUT2D eigenvalue weighted by Crippen LogP contribution is 2.15. The number of hydrogen-bond acceptors (Lipinski definition) is 5. The Kier molecular flexibility index (Phi) is 3.35. The third kappa shape index (κ3) is 2.07. The van der Waals surface area contributed by atoms with E-state index in [4.69, 9.17) is 4.74 Å². The van der Waals surface area contributed by atoms with Crippen LogP contribution < -0.4 is 5.32 Å². The van der Waals surface area contributed by atoms with Crippen LogP contribution in [0.1, 0.15) is 0 Å². The molecule has 0 spiro atoms. The van der Waals surface area contributed by atoms with Gasteiger partial charge in [0, 0.05) is 26.2 Å². The average molecular weight is 202 g/mol. The van der Waals surface area contributed by atoms with Gasteiger partial charge in [0.05, 0.1) is 25.4 Å². The summed E-state index contributed by atoms with van der Waals surface area (Å²) in [6.45, 7) is 4.50. The standard InChI is InChI=1S/C9H18N2O3/c12-8-6-14-5-7(9(8)13)11-3-1-10-2-4-11/h7-10,12-13H,1-6H2/t7-,8-,9+/m1/s1. The molecule has 3 N–H and O–H groups in total. The van der Waals surface area contributed by atoms with Crippen LogP contribution in [0.5, 0.6) is 0 Å². The van der Waals surface area contributed by atoms with Crippen molar-refractivity contribution in [3.05, 3.63) is 0 Å². The lowest BCUT2D eigenvalue weighted by Crippen LogP contribution is -2.59. The summed E-state index contributed by atoms with van der Waals surface area (Å²) in [5.74, 6) is 0. The summed E-state index contributed by atoms with van der Waals surface area (Å²) in [5, 5.41) is 22.5. The fourth-order valence-electron chi connectivity index (χ4n) is 2.10. The van der Waals surface area contributed by atoms with Crippen LogP contribution in [0.4, 0.5) is 0 Å². The second kappa shape index (κ2) is 4.55. The number of aliphatic hydroxyl groups is 2. The number of ether oxygens (including phenoxy) is 1. The first-order valence-electron chi connectivity index (χ1n) is 5.17. The van der Waals surface area contributed by atoms with Crippen molar-refractivity contribution < 1.29 is 14.9 Å². The minimum atomic E-state index is -0.733. The number of hydrogen-bond donors (Lipinski definition) is 3. The van der Waals surface area contributed by atoms with E-state index in [0.717, 1.165) is 26.2 Å². The first-order valence-corrected chi connectivity index (χ1v) is 5.17. The van der Waals surface area contributed by atoms with Crippen LogP contribution in [0.3, 0.4) is 0 Å². The molecule has 2 rings (SSSR count). The molecule has 0 aliphatic carbocycles. The molecule has 82 valence electrons. The molecule has 0 radical (unpaired) electrons. The van der Waals surface area contributed by atoms with Gasteiger partial charge in [-0.2, -0.15) is 0 Å². The summed E-state index contributed by atoms with van der Waals surface area (Å²) in [7, 11) is 0. The molecule has 0 aromatic heterocycles. The largest absolute Gasteiger partial charge is 0.389 e. The Labute approximate surface area is 83.7 Å². The van der Waals surface area contributed by atoms with Crippen molar-refractivity contribution in [3.8, 4) is 0 Å². The maximum absolute atomic E-state index is 9.80. The van der Waals surface area contributed by atoms with Gasteiger partial charge in [-0.1, -0.05) is 0 Å². The van der Waals surface area contributed by atoms with Crippen molar-refractivity contribution in [2.75, 3.05) is 39.4 Å². The van der Waals surface area contributed by atoms with Gasteiger partial charge in [0.15, 0.2) is 0 Å². The fraction of sp³-hybridized carbons (Fsp3) is 1.00. The van der Waals surface area contributed by atoms with E-state index in [9.17, 15) is 10.2 Å². The number of rotatable bonds is 1. The van der Waals surface area contributed by atoms with E-state index in [1.54, 1.807) is 0 Å². The third-order valence-electron chi connectivity index (χ3n) is 2.99. The van der Waals surface area contributed by atoms with Crippen molar-refractivity contribution in [3.63, 3.8) is 0 Å². The minimum absolute atomic E-state index is 0.0409. The maximum Gasteiger partial charge on any atom is 0.105 e. The topological polar surface area (TPSA) is 65.0 Å². The number of nitrogens with one attached hydrogen (secondary N) is 1. The number of piperazine rings is 1. The summed E-state index contributed by atoms with van der Waals surface area (Å²) < 4.78 is 5.25. The predicted octanol–water partition coefficient (Wildman–Crippen LogP) is -1.99. The monoisotopic (exact) mass is 202 g/mol. The van der Waals surface area contributed by atoms with Crippen molar-refractivity contribution >= 4 is 0 Å². The lowest BCUT2D eigenvalue weighted by atomic mass is 10.0. The van der Waals surface area contributed by atoms with E-state index < -0.39 is 12.2 Å². The van der Waals surface area contributed by atoms with Gasteiger partial charge in [0.2, 0.25) is 0 Å². The van der Waals surface area contributed by atoms with E-state index in [1.165, 1.54) is 0 Å². The SMILES string of the molecule is O[C@@H]1[C@H](O)COC[C@H]1N1CCNCC1. The second-order valence-corrected chi connectivity index (χ2v) is 3.95. The Morgan fingerprint density at radius 1 is 1.14 bits per heavy atom. The average Bonchev–Trinajstić information content (AvgIpc) is 2.23. The van der Waals surface area contributed by atoms with Crippen molar-refractivity contribution in [1.29, 1.82) is 0 Å². The molecule has 0 aromatic rings. The van der Waals surface area contributed by atoms with Gasteiger partial charge in [0.1, 0.15) is 6.10 Å². The van der Waals surface area contributed by atoms with Crippen LogP contribution in [0, 0.1) is 0 Å². The molecule has 14 heavy (non-hydrogen) atoms. The zero-order valence-electron chi connectivity index (χ0n) is 8.22. The third-order valence-corrected chi connectivity index (χ3v) is 2.99. The Morgan fingerprint density at radius 2 is 1.86 bits per heavy atom. The van der Waals surface area contributed by atoms with Crippen molar-refractivity contribution in [1.82, 2.24) is 10.2 Å². The molecule has 0 bridgehead atoms. The minimum Gasteiger partial charge on any atom is -0.389 e. The molecule has 2 aliphatic heterocycles. The molecule has 2 saturated heterocycles. The second-order valence-electron chi connectivity index (χ2n) is 3.95. The number of aliphatic hydroxyl groups excluding tert-OH is 2. The molecule has 0 unspecified atom stereocenters. The van der Waals surface area contributed by atoms with Gasteiger partial charge >= 0.3 is 0 Å². The van der Waals surface area contributed by atoms with Crippen molar-refractivity contribution in [2.45, 2.75) is 18.2 Å². The van der Waals surface area contributed by atoms with Gasteiger partial charge in [0.25, 0.3) is 0 Å². The van der Waals surface area contributed by atoms with Crippen LogP contribution in [0.2, 0.25) is 0 Å². The molecular weight excluding hydrogens is 184 g/mol. The summed E-state index contributed by atoms with van der Waals surface area (Å²) in [6.07, 6.45) is -1.40. The molecule has 2 heterocycles. The van der Waals surface area contributed by atoms with Gasteiger partial charge < -0.3 is 20.3 Å². The van der Waals surface area contributed by atoms with Crippen LogP contribution in [0.15, 0.2) is 0 Å². The lowest BCUT2D eigenvalue weighted by Gasteiger charge is -2.41. The van der Waals surface area contributed by atoms with Gasteiger partial charge in [-0.3, -0.25) is 4.90 Å². The summed E-state index contributed by atoms with van der Waals surface area (Å²) >= 11 is 0. The molecule has 2 fully saturated rings. The van der Waals surface area contributed by atoms with Crippen LogP contribution in [-0.2, 0) is 4.74 Å². The molecule has 0 saturated carbocycles. The van der Waals surface area contributed by atoms with E-state index in [2.05, 4.69) is 10.2 Å². The molecule has 0 aromatic carbocycles. The highest BCUT2D eigenvalue weighted by atomic mass is 16.5. The van der Waals surface area contributed by atoms with E-state index in [1.807, 2.05) is 0 Å². The fourth-order valence-corrected chi connectivity index (χ4v) is 2.10. The summed E-state index contributed by atoms with van der Waals surface area (Å²) in [4.78, 5) is 2.18. The van der Waals surface area contributed by atoms with Gasteiger partial charge in [-0.15, -0.1) is 0 Å². The van der Waals surface area contributed by atoms with Crippen LogP contribution >= 0.6 is 0 Å². The highest BCUT2D eigenvalue weighted by molar-refractivity contribution is 4.88. The van der Waals surface area contributed by atoms with E-state index in [0.29, 0.717) is 6.61 Å². The van der Waals surface area contributed by atoms with Gasteiger partial charge in [-0.05, 0) is 0 Å². The normalized spacial score (nSPS) is 41.1. The highest BCUT2D eigenvalue weighted by Gasteiger charge is 2.35. The Morgan fingerprint density at radius 3 is 2.57 bits per heavy atom. The summed E-state index contributed by atoms with van der Waals surface area (Å²) in [6, 6.07) is -0.0409. The van der Waals surface area contributed by atoms with Gasteiger partial charge in [-0.25, -0.2) is 0 Å². The van der Waals surface area contributed by atoms with E-state index in [-0.39, 0.29) is 12.6 Å². The number of nitrogens with zero attached hydrogens (tertiary/aromatic N) is 1. The van der Waals surface area contributed by atoms with E-state index >= 15 is 0 Å². The molecule has 5 heteroatoms. The molecule has 2 aliphatic rings. The maximum atomic E-state index is 9.80. The molecule has 5 nitrogen and oxygen atoms in total. The van der Waals surface area contributed by atoms with Crippen LogP contribution in [-0.4, -0.2) is 72.8 Å².